The highest BCUT2D eigenvalue weighted by Gasteiger charge is 2.22. The van der Waals surface area contributed by atoms with Gasteiger partial charge in [0.25, 0.3) is 15.9 Å². The van der Waals surface area contributed by atoms with E-state index in [1.807, 2.05) is 31.2 Å². The highest BCUT2D eigenvalue weighted by Crippen LogP contribution is 2.26. The van der Waals surface area contributed by atoms with E-state index in [-0.39, 0.29) is 16.7 Å². The number of sulfonamides is 1. The Kier molecular flexibility index (Phi) is 6.79. The van der Waals surface area contributed by atoms with E-state index < -0.39 is 10.0 Å². The molecule has 0 fully saturated rings. The number of carbonyl (C=O) groups is 1. The smallest absolute Gasteiger partial charge is 0.273 e. The highest BCUT2D eigenvalue weighted by molar-refractivity contribution is 7.94. The molecule has 0 aliphatic carbocycles. The first-order chi connectivity index (χ1) is 14.3. The normalized spacial score (nSPS) is 11.2. The molecule has 0 spiro atoms. The molecule has 0 N–H and O–H groups in total. The standard InChI is InChI=1S/C22H24N2O4S2/c1-17-6-8-18(9-7-17)15-23(2)21(25)16-28-20-12-10-19(11-13-20)24(3)30(26,27)22-5-4-14-29-22/h4-14H,15-16H2,1-3H3. The molecule has 0 unspecified atom stereocenters. The van der Waals surface area contributed by atoms with Crippen LogP contribution in [0.3, 0.4) is 0 Å². The maximum Gasteiger partial charge on any atom is 0.273 e. The van der Waals surface area contributed by atoms with Crippen LogP contribution in [0, 0.1) is 6.92 Å². The van der Waals surface area contributed by atoms with Crippen molar-refractivity contribution in [1.29, 1.82) is 0 Å². The Bertz CT molecular complexity index is 1080. The fourth-order valence-electron chi connectivity index (χ4n) is 2.75. The minimum Gasteiger partial charge on any atom is -0.484 e. The average molecular weight is 445 g/mol. The van der Waals surface area contributed by atoms with Crippen LogP contribution in [0.15, 0.2) is 70.3 Å². The number of aryl methyl sites for hydroxylation is 1. The number of amides is 1. The van der Waals surface area contributed by atoms with Crippen molar-refractivity contribution in [1.82, 2.24) is 4.90 Å². The van der Waals surface area contributed by atoms with E-state index in [4.69, 9.17) is 4.74 Å². The summed E-state index contributed by atoms with van der Waals surface area (Å²) >= 11 is 1.17. The summed E-state index contributed by atoms with van der Waals surface area (Å²) in [4.78, 5) is 14.0. The summed E-state index contributed by atoms with van der Waals surface area (Å²) in [7, 11) is -0.337. The molecule has 0 saturated carbocycles. The molecule has 3 rings (SSSR count). The molecule has 8 heteroatoms. The molecule has 3 aromatic rings. The van der Waals surface area contributed by atoms with Gasteiger partial charge in [0.05, 0.1) is 5.69 Å². The van der Waals surface area contributed by atoms with Gasteiger partial charge in [0.2, 0.25) is 0 Å². The molecule has 6 nitrogen and oxygen atoms in total. The first-order valence-corrected chi connectivity index (χ1v) is 11.6. The van der Waals surface area contributed by atoms with Crippen molar-refractivity contribution in [3.05, 3.63) is 77.2 Å². The topological polar surface area (TPSA) is 66.9 Å². The maximum absolute atomic E-state index is 12.6. The predicted molar refractivity (Wildman–Crippen MR) is 119 cm³/mol. The van der Waals surface area contributed by atoms with E-state index in [1.54, 1.807) is 53.7 Å². The minimum absolute atomic E-state index is 0.0922. The Morgan fingerprint density at radius 3 is 2.27 bits per heavy atom. The van der Waals surface area contributed by atoms with Gasteiger partial charge in [-0.2, -0.15) is 0 Å². The van der Waals surface area contributed by atoms with Gasteiger partial charge in [-0.05, 0) is 48.2 Å². The molecule has 1 aromatic heterocycles. The van der Waals surface area contributed by atoms with E-state index in [0.717, 1.165) is 5.56 Å². The maximum atomic E-state index is 12.6. The van der Waals surface area contributed by atoms with E-state index in [1.165, 1.54) is 28.3 Å². The highest BCUT2D eigenvalue weighted by atomic mass is 32.2. The third-order valence-corrected chi connectivity index (χ3v) is 7.80. The monoisotopic (exact) mass is 444 g/mol. The number of nitrogens with zero attached hydrogens (tertiary/aromatic N) is 2. The Balaban J connectivity index is 1.56. The molecule has 0 saturated heterocycles. The fraction of sp³-hybridized carbons (Fsp3) is 0.227. The van der Waals surface area contributed by atoms with Crippen molar-refractivity contribution in [2.75, 3.05) is 25.0 Å². The molecule has 1 amide bonds. The Morgan fingerprint density at radius 2 is 1.67 bits per heavy atom. The number of ether oxygens (including phenoxy) is 1. The molecule has 0 atom stereocenters. The van der Waals surface area contributed by atoms with Gasteiger partial charge >= 0.3 is 0 Å². The number of benzene rings is 2. The Morgan fingerprint density at radius 1 is 1.00 bits per heavy atom. The summed E-state index contributed by atoms with van der Waals surface area (Å²) in [5.41, 5.74) is 2.74. The van der Waals surface area contributed by atoms with Gasteiger partial charge in [-0.25, -0.2) is 8.42 Å². The lowest BCUT2D eigenvalue weighted by molar-refractivity contribution is -0.132. The third-order valence-electron chi connectivity index (χ3n) is 4.64. The molecule has 158 valence electrons. The van der Waals surface area contributed by atoms with Crippen LogP contribution in [0.1, 0.15) is 11.1 Å². The number of carbonyl (C=O) groups excluding carboxylic acids is 1. The van der Waals surface area contributed by atoms with Gasteiger partial charge in [-0.15, -0.1) is 11.3 Å². The largest absolute Gasteiger partial charge is 0.484 e. The van der Waals surface area contributed by atoms with Crippen molar-refractivity contribution >= 4 is 33.0 Å². The number of anilines is 1. The minimum atomic E-state index is -3.58. The first-order valence-electron chi connectivity index (χ1n) is 9.32. The number of thiophene rings is 1. The molecule has 2 aromatic carbocycles. The van der Waals surface area contributed by atoms with E-state index in [9.17, 15) is 13.2 Å². The zero-order valence-corrected chi connectivity index (χ0v) is 18.7. The molecule has 0 aliphatic rings. The van der Waals surface area contributed by atoms with Crippen molar-refractivity contribution in [3.63, 3.8) is 0 Å². The summed E-state index contributed by atoms with van der Waals surface area (Å²) < 4.78 is 32.3. The van der Waals surface area contributed by atoms with Crippen molar-refractivity contribution in [2.24, 2.45) is 0 Å². The fourth-order valence-corrected chi connectivity index (χ4v) is 5.10. The lowest BCUT2D eigenvalue weighted by Crippen LogP contribution is -2.31. The van der Waals surface area contributed by atoms with E-state index in [0.29, 0.717) is 18.0 Å². The van der Waals surface area contributed by atoms with Gasteiger partial charge in [0, 0.05) is 20.6 Å². The third kappa shape index (κ3) is 5.20. The SMILES string of the molecule is Cc1ccc(CN(C)C(=O)COc2ccc(N(C)S(=O)(=O)c3cccs3)cc2)cc1. The molecule has 0 aliphatic heterocycles. The van der Waals surface area contributed by atoms with Gasteiger partial charge in [-0.1, -0.05) is 35.9 Å². The Hall–Kier alpha value is -2.84. The summed E-state index contributed by atoms with van der Waals surface area (Å²) in [6.45, 7) is 2.44. The summed E-state index contributed by atoms with van der Waals surface area (Å²) in [5, 5.41) is 1.73. The molecule has 0 radical (unpaired) electrons. The van der Waals surface area contributed by atoms with Gasteiger partial charge in [0.1, 0.15) is 9.96 Å². The second-order valence-corrected chi connectivity index (χ2v) is 10.1. The van der Waals surface area contributed by atoms with Crippen LogP contribution in [-0.4, -0.2) is 39.9 Å². The molecular formula is C22H24N2O4S2. The zero-order chi connectivity index (χ0) is 21.7. The van der Waals surface area contributed by atoms with Crippen LogP contribution in [0.2, 0.25) is 0 Å². The summed E-state index contributed by atoms with van der Waals surface area (Å²) in [5.74, 6) is 0.356. The lowest BCUT2D eigenvalue weighted by atomic mass is 10.1. The Labute approximate surface area is 181 Å². The van der Waals surface area contributed by atoms with Gasteiger partial charge in [0.15, 0.2) is 6.61 Å². The average Bonchev–Trinajstić information content (AvgIpc) is 3.29. The second-order valence-electron chi connectivity index (χ2n) is 6.92. The van der Waals surface area contributed by atoms with Gasteiger partial charge < -0.3 is 9.64 Å². The number of rotatable bonds is 8. The predicted octanol–water partition coefficient (Wildman–Crippen LogP) is 3.92. The lowest BCUT2D eigenvalue weighted by Gasteiger charge is -2.19. The quantitative estimate of drug-likeness (QED) is 0.528. The van der Waals surface area contributed by atoms with E-state index in [2.05, 4.69) is 0 Å². The number of hydrogen-bond acceptors (Lipinski definition) is 5. The molecule has 30 heavy (non-hydrogen) atoms. The first kappa shape index (κ1) is 21.9. The summed E-state index contributed by atoms with van der Waals surface area (Å²) in [6.07, 6.45) is 0. The van der Waals surface area contributed by atoms with Crippen LogP contribution in [-0.2, 0) is 21.4 Å². The van der Waals surface area contributed by atoms with Crippen molar-refractivity contribution in [3.8, 4) is 5.75 Å². The van der Waals surface area contributed by atoms with Crippen LogP contribution < -0.4 is 9.04 Å². The van der Waals surface area contributed by atoms with Crippen LogP contribution in [0.4, 0.5) is 5.69 Å². The van der Waals surface area contributed by atoms with E-state index >= 15 is 0 Å². The molecule has 0 bridgehead atoms. The van der Waals surface area contributed by atoms with Crippen molar-refractivity contribution < 1.29 is 17.9 Å². The van der Waals surface area contributed by atoms with Crippen molar-refractivity contribution in [2.45, 2.75) is 17.7 Å². The second kappa shape index (κ2) is 9.32. The summed E-state index contributed by atoms with van der Waals surface area (Å²) in [6, 6.07) is 17.9. The van der Waals surface area contributed by atoms with Crippen LogP contribution >= 0.6 is 11.3 Å². The molecular weight excluding hydrogens is 420 g/mol. The van der Waals surface area contributed by atoms with Crippen LogP contribution in [0.25, 0.3) is 0 Å². The zero-order valence-electron chi connectivity index (χ0n) is 17.1. The molecule has 1 heterocycles. The number of hydrogen-bond donors (Lipinski definition) is 0. The van der Waals surface area contributed by atoms with Gasteiger partial charge in [-0.3, -0.25) is 9.10 Å². The number of likely N-dealkylation sites (N-methyl/N-ethyl adjacent to an activating group) is 1. The van der Waals surface area contributed by atoms with Crippen LogP contribution in [0.5, 0.6) is 5.75 Å².